The van der Waals surface area contributed by atoms with Crippen molar-refractivity contribution in [3.8, 4) is 5.75 Å². The fourth-order valence-corrected chi connectivity index (χ4v) is 1.78. The molecule has 0 saturated carbocycles. The number of aryl methyl sites for hydroxylation is 1. The number of aliphatic hydroxyl groups excluding tert-OH is 1. The second-order valence-electron chi connectivity index (χ2n) is 4.11. The van der Waals surface area contributed by atoms with Crippen molar-refractivity contribution in [1.29, 1.82) is 0 Å². The molecule has 94 valence electrons. The van der Waals surface area contributed by atoms with Gasteiger partial charge in [-0.25, -0.2) is 4.39 Å². The molecule has 18 heavy (non-hydrogen) atoms. The Kier molecular flexibility index (Phi) is 3.95. The van der Waals surface area contributed by atoms with Gasteiger partial charge < -0.3 is 9.84 Å². The average molecular weight is 246 g/mol. The van der Waals surface area contributed by atoms with Gasteiger partial charge >= 0.3 is 0 Å². The third-order valence-corrected chi connectivity index (χ3v) is 2.78. The Hall–Kier alpha value is -1.87. The predicted octanol–water partition coefficient (Wildman–Crippen LogP) is 3.25. The Labute approximate surface area is 106 Å². The summed E-state index contributed by atoms with van der Waals surface area (Å²) in [7, 11) is 0. The summed E-state index contributed by atoms with van der Waals surface area (Å²) in [6.45, 7) is 1.95. The molecule has 0 aliphatic carbocycles. The summed E-state index contributed by atoms with van der Waals surface area (Å²) in [4.78, 5) is 0. The number of benzene rings is 2. The van der Waals surface area contributed by atoms with E-state index >= 15 is 0 Å². The quantitative estimate of drug-likeness (QED) is 0.897. The predicted molar refractivity (Wildman–Crippen MR) is 68.0 cm³/mol. The van der Waals surface area contributed by atoms with E-state index in [1.807, 2.05) is 31.2 Å². The van der Waals surface area contributed by atoms with Crippen molar-refractivity contribution in [2.45, 2.75) is 13.0 Å². The van der Waals surface area contributed by atoms with E-state index in [0.717, 1.165) is 11.1 Å². The fraction of sp³-hybridized carbons (Fsp3) is 0.200. The molecule has 2 aromatic carbocycles. The van der Waals surface area contributed by atoms with E-state index in [1.165, 1.54) is 6.07 Å². The smallest absolute Gasteiger partial charge is 0.165 e. The Bertz CT molecular complexity index is 525. The zero-order valence-corrected chi connectivity index (χ0v) is 10.1. The first-order valence-electron chi connectivity index (χ1n) is 5.79. The van der Waals surface area contributed by atoms with Gasteiger partial charge in [0.25, 0.3) is 0 Å². The summed E-state index contributed by atoms with van der Waals surface area (Å²) in [6, 6.07) is 13.7. The first-order valence-corrected chi connectivity index (χ1v) is 5.79. The number of halogens is 1. The lowest BCUT2D eigenvalue weighted by Crippen LogP contribution is -2.11. The molecule has 0 spiro atoms. The normalized spacial score (nSPS) is 12.2. The van der Waals surface area contributed by atoms with Crippen LogP contribution in [0, 0.1) is 12.7 Å². The van der Waals surface area contributed by atoms with E-state index in [1.54, 1.807) is 18.2 Å². The molecule has 0 aromatic heterocycles. The second-order valence-corrected chi connectivity index (χ2v) is 4.11. The van der Waals surface area contributed by atoms with Crippen LogP contribution in [0.4, 0.5) is 4.39 Å². The molecule has 0 fully saturated rings. The number of para-hydroxylation sites is 1. The van der Waals surface area contributed by atoms with Crippen molar-refractivity contribution in [2.75, 3.05) is 6.61 Å². The zero-order valence-electron chi connectivity index (χ0n) is 10.1. The van der Waals surface area contributed by atoms with E-state index in [0.29, 0.717) is 0 Å². The van der Waals surface area contributed by atoms with E-state index < -0.39 is 11.9 Å². The van der Waals surface area contributed by atoms with Crippen molar-refractivity contribution in [3.63, 3.8) is 0 Å². The van der Waals surface area contributed by atoms with Crippen molar-refractivity contribution in [1.82, 2.24) is 0 Å². The maximum absolute atomic E-state index is 13.3. The number of rotatable bonds is 4. The summed E-state index contributed by atoms with van der Waals surface area (Å²) in [6.07, 6.45) is -0.759. The van der Waals surface area contributed by atoms with Crippen molar-refractivity contribution in [2.24, 2.45) is 0 Å². The molecule has 0 radical (unpaired) electrons. The van der Waals surface area contributed by atoms with Crippen LogP contribution >= 0.6 is 0 Å². The molecule has 1 unspecified atom stereocenters. The van der Waals surface area contributed by atoms with Crippen LogP contribution in [0.5, 0.6) is 5.75 Å². The monoisotopic (exact) mass is 246 g/mol. The van der Waals surface area contributed by atoms with Crippen LogP contribution in [0.1, 0.15) is 17.2 Å². The minimum atomic E-state index is -0.759. The van der Waals surface area contributed by atoms with Crippen LogP contribution in [-0.2, 0) is 0 Å². The molecule has 0 aliphatic heterocycles. The second kappa shape index (κ2) is 5.65. The molecule has 0 saturated heterocycles. The Morgan fingerprint density at radius 2 is 1.78 bits per heavy atom. The van der Waals surface area contributed by atoms with Crippen LogP contribution < -0.4 is 4.74 Å². The highest BCUT2D eigenvalue weighted by Gasteiger charge is 2.11. The van der Waals surface area contributed by atoms with Gasteiger partial charge in [-0.1, -0.05) is 36.4 Å². The summed E-state index contributed by atoms with van der Waals surface area (Å²) < 4.78 is 18.6. The van der Waals surface area contributed by atoms with Crippen molar-refractivity contribution in [3.05, 3.63) is 65.5 Å². The lowest BCUT2D eigenvalue weighted by atomic mass is 10.0. The maximum atomic E-state index is 13.3. The molecule has 2 aromatic rings. The molecule has 2 rings (SSSR count). The summed E-state index contributed by atoms with van der Waals surface area (Å²) in [5.41, 5.74) is 1.79. The SMILES string of the molecule is Cc1ccccc1C(O)COc1ccccc1F. The van der Waals surface area contributed by atoms with Gasteiger partial charge in [-0.05, 0) is 30.2 Å². The molecule has 0 heterocycles. The lowest BCUT2D eigenvalue weighted by Gasteiger charge is -2.15. The third kappa shape index (κ3) is 2.87. The highest BCUT2D eigenvalue weighted by Crippen LogP contribution is 2.20. The summed E-state index contributed by atoms with van der Waals surface area (Å²) in [5.74, 6) is -0.264. The highest BCUT2D eigenvalue weighted by molar-refractivity contribution is 5.28. The summed E-state index contributed by atoms with van der Waals surface area (Å²) >= 11 is 0. The van der Waals surface area contributed by atoms with Crippen LogP contribution in [0.2, 0.25) is 0 Å². The molecule has 3 heteroatoms. The first kappa shape index (κ1) is 12.6. The highest BCUT2D eigenvalue weighted by atomic mass is 19.1. The fourth-order valence-electron chi connectivity index (χ4n) is 1.78. The average Bonchev–Trinajstić information content (AvgIpc) is 2.38. The number of hydrogen-bond donors (Lipinski definition) is 1. The van der Waals surface area contributed by atoms with Gasteiger partial charge in [0.05, 0.1) is 0 Å². The molecule has 2 nitrogen and oxygen atoms in total. The topological polar surface area (TPSA) is 29.5 Å². The van der Waals surface area contributed by atoms with E-state index in [-0.39, 0.29) is 12.4 Å². The molecule has 1 N–H and O–H groups in total. The molecule has 0 amide bonds. The van der Waals surface area contributed by atoms with Gasteiger partial charge in [-0.2, -0.15) is 0 Å². The first-order chi connectivity index (χ1) is 8.68. The standard InChI is InChI=1S/C15H15FO2/c1-11-6-2-3-7-12(11)14(17)10-18-15-9-5-4-8-13(15)16/h2-9,14,17H,10H2,1H3. The van der Waals surface area contributed by atoms with Crippen molar-refractivity contribution >= 4 is 0 Å². The Balaban J connectivity index is 2.03. The van der Waals surface area contributed by atoms with Crippen LogP contribution in [0.15, 0.2) is 48.5 Å². The lowest BCUT2D eigenvalue weighted by molar-refractivity contribution is 0.105. The number of hydrogen-bond acceptors (Lipinski definition) is 2. The Morgan fingerprint density at radius 3 is 2.50 bits per heavy atom. The minimum Gasteiger partial charge on any atom is -0.487 e. The van der Waals surface area contributed by atoms with Gasteiger partial charge in [0.15, 0.2) is 11.6 Å². The van der Waals surface area contributed by atoms with Gasteiger partial charge in [-0.3, -0.25) is 0 Å². The van der Waals surface area contributed by atoms with E-state index in [2.05, 4.69) is 0 Å². The molecule has 0 aliphatic rings. The molecular weight excluding hydrogens is 231 g/mol. The van der Waals surface area contributed by atoms with E-state index in [4.69, 9.17) is 4.74 Å². The van der Waals surface area contributed by atoms with Gasteiger partial charge in [0.2, 0.25) is 0 Å². The van der Waals surface area contributed by atoms with Crippen LogP contribution in [0.3, 0.4) is 0 Å². The number of ether oxygens (including phenoxy) is 1. The minimum absolute atomic E-state index is 0.0335. The molecule has 0 bridgehead atoms. The van der Waals surface area contributed by atoms with Gasteiger partial charge in [-0.15, -0.1) is 0 Å². The Morgan fingerprint density at radius 1 is 1.11 bits per heavy atom. The third-order valence-electron chi connectivity index (χ3n) is 2.78. The van der Waals surface area contributed by atoms with E-state index in [9.17, 15) is 9.50 Å². The van der Waals surface area contributed by atoms with Crippen molar-refractivity contribution < 1.29 is 14.2 Å². The number of aliphatic hydroxyl groups is 1. The largest absolute Gasteiger partial charge is 0.487 e. The summed E-state index contributed by atoms with van der Waals surface area (Å²) in [5, 5.41) is 10.0. The van der Waals surface area contributed by atoms with Gasteiger partial charge in [0.1, 0.15) is 12.7 Å². The van der Waals surface area contributed by atoms with Crippen LogP contribution in [0.25, 0.3) is 0 Å². The molecule has 1 atom stereocenters. The van der Waals surface area contributed by atoms with Crippen LogP contribution in [-0.4, -0.2) is 11.7 Å². The molecular formula is C15H15FO2. The van der Waals surface area contributed by atoms with Gasteiger partial charge in [0, 0.05) is 0 Å². The zero-order chi connectivity index (χ0) is 13.0. The maximum Gasteiger partial charge on any atom is 0.165 e.